The zero-order valence-electron chi connectivity index (χ0n) is 10.7. The van der Waals surface area contributed by atoms with E-state index in [0.29, 0.717) is 0 Å². The molecular weight excluding hydrogens is 269 g/mol. The molecule has 0 aromatic rings. The Hall–Kier alpha value is -1.51. The van der Waals surface area contributed by atoms with Crippen LogP contribution >= 0.6 is 0 Å². The number of halogens is 3. The highest BCUT2D eigenvalue weighted by Crippen LogP contribution is 2.19. The molecule has 2 N–H and O–H groups in total. The van der Waals surface area contributed by atoms with Gasteiger partial charge in [0.15, 0.2) is 0 Å². The molecule has 112 valence electrons. The smallest absolute Gasteiger partial charge is 0.390 e. The minimum atomic E-state index is -4.36. The molecule has 0 aromatic heterocycles. The second-order valence-electron chi connectivity index (χ2n) is 3.91. The summed E-state index contributed by atoms with van der Waals surface area (Å²) >= 11 is 0. The predicted molar refractivity (Wildman–Crippen MR) is 59.8 cm³/mol. The average molecular weight is 286 g/mol. The predicted octanol–water partition coefficient (Wildman–Crippen LogP) is 1.07. The molecule has 0 radical (unpaired) electrons. The standard InChI is InChI=1S/C10H17F3N2O4/c1-15(5-4-10(11,12)13)9(18)14-7(8(16)17)3-6-19-2/h7H,3-6H2,1-2H3,(H,14,18)(H,16,17). The summed E-state index contributed by atoms with van der Waals surface area (Å²) in [5, 5.41) is 10.9. The maximum absolute atomic E-state index is 12.0. The summed E-state index contributed by atoms with van der Waals surface area (Å²) in [7, 11) is 2.53. The minimum Gasteiger partial charge on any atom is -0.480 e. The molecule has 0 aliphatic carbocycles. The number of carboxylic acid groups (broad SMARTS) is 1. The Morgan fingerprint density at radius 1 is 1.42 bits per heavy atom. The van der Waals surface area contributed by atoms with Crippen molar-refractivity contribution in [3.63, 3.8) is 0 Å². The van der Waals surface area contributed by atoms with Crippen LogP contribution in [0.1, 0.15) is 12.8 Å². The van der Waals surface area contributed by atoms with E-state index in [-0.39, 0.29) is 13.0 Å². The number of hydrogen-bond acceptors (Lipinski definition) is 3. The number of rotatable bonds is 7. The first-order chi connectivity index (χ1) is 8.67. The van der Waals surface area contributed by atoms with Crippen LogP contribution in [0, 0.1) is 0 Å². The lowest BCUT2D eigenvalue weighted by atomic mass is 10.2. The van der Waals surface area contributed by atoms with Crippen LogP contribution in [-0.2, 0) is 9.53 Å². The van der Waals surface area contributed by atoms with Crippen LogP contribution < -0.4 is 5.32 Å². The van der Waals surface area contributed by atoms with Gasteiger partial charge in [-0.3, -0.25) is 0 Å². The Morgan fingerprint density at radius 2 is 2.00 bits per heavy atom. The third-order valence-corrected chi connectivity index (χ3v) is 2.28. The summed E-state index contributed by atoms with van der Waals surface area (Å²) < 4.78 is 40.6. The number of aliphatic carboxylic acids is 1. The molecule has 0 aliphatic heterocycles. The quantitative estimate of drug-likeness (QED) is 0.733. The number of methoxy groups -OCH3 is 1. The summed E-state index contributed by atoms with van der Waals surface area (Å²) in [6.45, 7) is -0.421. The van der Waals surface area contributed by atoms with Crippen molar-refractivity contribution in [3.8, 4) is 0 Å². The lowest BCUT2D eigenvalue weighted by molar-refractivity contribution is -0.140. The van der Waals surface area contributed by atoms with E-state index < -0.39 is 37.2 Å². The van der Waals surface area contributed by atoms with E-state index in [1.165, 1.54) is 7.11 Å². The normalized spacial score (nSPS) is 12.9. The van der Waals surface area contributed by atoms with Crippen molar-refractivity contribution >= 4 is 12.0 Å². The molecule has 9 heteroatoms. The number of carboxylic acids is 1. The molecule has 1 unspecified atom stereocenters. The third-order valence-electron chi connectivity index (χ3n) is 2.28. The first kappa shape index (κ1) is 17.5. The largest absolute Gasteiger partial charge is 0.480 e. The molecular formula is C10H17F3N2O4. The maximum Gasteiger partial charge on any atom is 0.390 e. The summed E-state index contributed by atoms with van der Waals surface area (Å²) in [5.74, 6) is -1.27. The molecule has 1 atom stereocenters. The summed E-state index contributed by atoms with van der Waals surface area (Å²) in [4.78, 5) is 23.1. The molecule has 0 bridgehead atoms. The fraction of sp³-hybridized carbons (Fsp3) is 0.800. The van der Waals surface area contributed by atoms with Gasteiger partial charge in [0.2, 0.25) is 0 Å². The summed E-state index contributed by atoms with van der Waals surface area (Å²) in [6.07, 6.45) is -5.48. The Kier molecular flexibility index (Phi) is 7.20. The molecule has 6 nitrogen and oxygen atoms in total. The minimum absolute atomic E-state index is 0.0324. The van der Waals surface area contributed by atoms with E-state index in [1.54, 1.807) is 0 Å². The second-order valence-corrected chi connectivity index (χ2v) is 3.91. The lowest BCUT2D eigenvalue weighted by Gasteiger charge is -2.21. The number of carbonyl (C=O) groups excluding carboxylic acids is 1. The SMILES string of the molecule is COCCC(NC(=O)N(C)CCC(F)(F)F)C(=O)O. The van der Waals surface area contributed by atoms with Gasteiger partial charge in [0.1, 0.15) is 6.04 Å². The number of nitrogens with one attached hydrogen (secondary N) is 1. The van der Waals surface area contributed by atoms with Gasteiger partial charge in [0.25, 0.3) is 0 Å². The third kappa shape index (κ3) is 8.25. The van der Waals surface area contributed by atoms with Crippen molar-refractivity contribution in [2.75, 3.05) is 27.3 Å². The van der Waals surface area contributed by atoms with Crippen molar-refractivity contribution in [3.05, 3.63) is 0 Å². The van der Waals surface area contributed by atoms with Crippen LogP contribution in [0.4, 0.5) is 18.0 Å². The number of nitrogens with zero attached hydrogens (tertiary/aromatic N) is 1. The van der Waals surface area contributed by atoms with Gasteiger partial charge >= 0.3 is 18.2 Å². The van der Waals surface area contributed by atoms with E-state index in [2.05, 4.69) is 10.1 Å². The van der Waals surface area contributed by atoms with Crippen molar-refractivity contribution in [1.29, 1.82) is 0 Å². The van der Waals surface area contributed by atoms with Crippen LogP contribution in [-0.4, -0.2) is 61.5 Å². The molecule has 0 aromatic carbocycles. The number of carbonyl (C=O) groups is 2. The zero-order valence-corrected chi connectivity index (χ0v) is 10.7. The highest BCUT2D eigenvalue weighted by atomic mass is 19.4. The molecule has 2 amide bonds. The van der Waals surface area contributed by atoms with E-state index in [1.807, 2.05) is 0 Å². The highest BCUT2D eigenvalue weighted by molar-refractivity contribution is 5.82. The van der Waals surface area contributed by atoms with Crippen molar-refractivity contribution in [1.82, 2.24) is 10.2 Å². The van der Waals surface area contributed by atoms with Gasteiger partial charge in [-0.25, -0.2) is 9.59 Å². The van der Waals surface area contributed by atoms with E-state index in [0.717, 1.165) is 11.9 Å². The van der Waals surface area contributed by atoms with Gasteiger partial charge < -0.3 is 20.1 Å². The van der Waals surface area contributed by atoms with Crippen LogP contribution in [0.3, 0.4) is 0 Å². The van der Waals surface area contributed by atoms with Crippen LogP contribution in [0.5, 0.6) is 0 Å². The first-order valence-electron chi connectivity index (χ1n) is 5.47. The molecule has 19 heavy (non-hydrogen) atoms. The molecule has 0 saturated carbocycles. The van der Waals surface area contributed by atoms with E-state index in [9.17, 15) is 22.8 Å². The Labute approximate surface area is 108 Å². The molecule has 0 rings (SSSR count). The average Bonchev–Trinajstić information content (AvgIpc) is 2.29. The van der Waals surface area contributed by atoms with E-state index >= 15 is 0 Å². The van der Waals surface area contributed by atoms with Gasteiger partial charge in [0, 0.05) is 33.7 Å². The highest BCUT2D eigenvalue weighted by Gasteiger charge is 2.29. The van der Waals surface area contributed by atoms with Gasteiger partial charge in [-0.1, -0.05) is 0 Å². The number of alkyl halides is 3. The van der Waals surface area contributed by atoms with Gasteiger partial charge in [-0.15, -0.1) is 0 Å². The second kappa shape index (κ2) is 7.82. The van der Waals surface area contributed by atoms with Gasteiger partial charge in [-0.2, -0.15) is 13.2 Å². The van der Waals surface area contributed by atoms with Gasteiger partial charge in [0.05, 0.1) is 6.42 Å². The molecule has 0 spiro atoms. The van der Waals surface area contributed by atoms with Crippen molar-refractivity contribution < 1.29 is 32.6 Å². The van der Waals surface area contributed by atoms with Crippen LogP contribution in [0.25, 0.3) is 0 Å². The van der Waals surface area contributed by atoms with Gasteiger partial charge in [-0.05, 0) is 0 Å². The van der Waals surface area contributed by atoms with Crippen LogP contribution in [0.2, 0.25) is 0 Å². The Morgan fingerprint density at radius 3 is 2.42 bits per heavy atom. The molecule has 0 aliphatic rings. The summed E-state index contributed by atoms with van der Waals surface area (Å²) in [5.41, 5.74) is 0. The van der Waals surface area contributed by atoms with Crippen LogP contribution in [0.15, 0.2) is 0 Å². The molecule has 0 heterocycles. The zero-order chi connectivity index (χ0) is 15.1. The first-order valence-corrected chi connectivity index (χ1v) is 5.47. The number of urea groups is 1. The topological polar surface area (TPSA) is 78.9 Å². The maximum atomic E-state index is 12.0. The lowest BCUT2D eigenvalue weighted by Crippen LogP contribution is -2.47. The fourth-order valence-electron chi connectivity index (χ4n) is 1.15. The molecule has 0 saturated heterocycles. The van der Waals surface area contributed by atoms with E-state index in [4.69, 9.17) is 5.11 Å². The number of amides is 2. The summed E-state index contributed by atoms with van der Waals surface area (Å²) in [6, 6.07) is -2.06. The monoisotopic (exact) mass is 286 g/mol. The Bertz CT molecular complexity index is 310. The van der Waals surface area contributed by atoms with Crippen molar-refractivity contribution in [2.24, 2.45) is 0 Å². The Balaban J connectivity index is 4.27. The van der Waals surface area contributed by atoms with Crippen molar-refractivity contribution in [2.45, 2.75) is 25.1 Å². The number of hydrogen-bond donors (Lipinski definition) is 2. The fourth-order valence-corrected chi connectivity index (χ4v) is 1.15. The number of ether oxygens (including phenoxy) is 1. The molecule has 0 fully saturated rings.